The van der Waals surface area contributed by atoms with Crippen LogP contribution in [-0.2, 0) is 4.74 Å². The number of hydrogen-bond donors (Lipinski definition) is 0. The average molecular weight is 304 g/mol. The summed E-state index contributed by atoms with van der Waals surface area (Å²) in [7, 11) is 0. The zero-order chi connectivity index (χ0) is 15.4. The molecule has 2 fully saturated rings. The highest BCUT2D eigenvalue weighted by molar-refractivity contribution is 5.33. The Labute approximate surface area is 133 Å². The SMILES string of the molecule is Cc1cc(C)nc(N2CC[C@@H](OCCN3CCCCC3)C2)n1. The Hall–Kier alpha value is -1.20. The monoisotopic (exact) mass is 304 g/mol. The lowest BCUT2D eigenvalue weighted by atomic mass is 10.1. The molecule has 0 amide bonds. The molecule has 2 aliphatic rings. The molecule has 0 aliphatic carbocycles. The standard InChI is InChI=1S/C17H28N4O/c1-14-12-15(2)19-17(18-14)21-9-6-16(13-21)22-11-10-20-7-4-3-5-8-20/h12,16H,3-11,13H2,1-2H3/t16-/m1/s1. The molecule has 0 bridgehead atoms. The molecule has 0 radical (unpaired) electrons. The zero-order valence-electron chi connectivity index (χ0n) is 13.9. The van der Waals surface area contributed by atoms with E-state index in [1.54, 1.807) is 0 Å². The highest BCUT2D eigenvalue weighted by Gasteiger charge is 2.25. The average Bonchev–Trinajstić information content (AvgIpc) is 2.96. The summed E-state index contributed by atoms with van der Waals surface area (Å²) >= 11 is 0. The van der Waals surface area contributed by atoms with Crippen LogP contribution in [0, 0.1) is 13.8 Å². The fraction of sp³-hybridized carbons (Fsp3) is 0.765. The van der Waals surface area contributed by atoms with Crippen LogP contribution in [0.25, 0.3) is 0 Å². The summed E-state index contributed by atoms with van der Waals surface area (Å²) in [5.74, 6) is 0.861. The summed E-state index contributed by atoms with van der Waals surface area (Å²) in [5.41, 5.74) is 2.08. The number of likely N-dealkylation sites (tertiary alicyclic amines) is 1. The summed E-state index contributed by atoms with van der Waals surface area (Å²) in [6.07, 6.45) is 5.50. The van der Waals surface area contributed by atoms with Crippen molar-refractivity contribution in [1.29, 1.82) is 0 Å². The minimum Gasteiger partial charge on any atom is -0.375 e. The van der Waals surface area contributed by atoms with Gasteiger partial charge in [-0.1, -0.05) is 6.42 Å². The number of hydrogen-bond acceptors (Lipinski definition) is 5. The van der Waals surface area contributed by atoms with Gasteiger partial charge in [0.15, 0.2) is 0 Å². The molecule has 5 nitrogen and oxygen atoms in total. The van der Waals surface area contributed by atoms with Gasteiger partial charge in [-0.15, -0.1) is 0 Å². The summed E-state index contributed by atoms with van der Waals surface area (Å²) in [4.78, 5) is 13.9. The summed E-state index contributed by atoms with van der Waals surface area (Å²) in [6.45, 7) is 10.4. The first-order valence-electron chi connectivity index (χ1n) is 8.62. The molecule has 1 aromatic heterocycles. The quantitative estimate of drug-likeness (QED) is 0.834. The van der Waals surface area contributed by atoms with Gasteiger partial charge in [0.05, 0.1) is 12.7 Å². The van der Waals surface area contributed by atoms with Gasteiger partial charge in [-0.05, 0) is 52.3 Å². The molecular weight excluding hydrogens is 276 g/mol. The van der Waals surface area contributed by atoms with E-state index in [-0.39, 0.29) is 0 Å². The molecule has 0 saturated carbocycles. The van der Waals surface area contributed by atoms with Gasteiger partial charge in [-0.2, -0.15) is 0 Å². The van der Waals surface area contributed by atoms with E-state index in [9.17, 15) is 0 Å². The van der Waals surface area contributed by atoms with Gasteiger partial charge in [0.2, 0.25) is 5.95 Å². The molecule has 3 rings (SSSR count). The Kier molecular flexibility index (Phi) is 5.26. The molecule has 0 unspecified atom stereocenters. The summed E-state index contributed by atoms with van der Waals surface area (Å²) in [6, 6.07) is 2.02. The maximum Gasteiger partial charge on any atom is 0.225 e. The molecule has 0 N–H and O–H groups in total. The third kappa shape index (κ3) is 4.17. The van der Waals surface area contributed by atoms with Crippen molar-refractivity contribution in [1.82, 2.24) is 14.9 Å². The van der Waals surface area contributed by atoms with Crippen LogP contribution in [0.1, 0.15) is 37.1 Å². The van der Waals surface area contributed by atoms with Crippen molar-refractivity contribution in [2.75, 3.05) is 44.2 Å². The zero-order valence-corrected chi connectivity index (χ0v) is 13.9. The molecule has 0 aromatic carbocycles. The number of piperidine rings is 1. The largest absolute Gasteiger partial charge is 0.375 e. The maximum absolute atomic E-state index is 6.08. The van der Waals surface area contributed by atoms with Crippen LogP contribution in [0.2, 0.25) is 0 Å². The topological polar surface area (TPSA) is 41.5 Å². The number of rotatable bonds is 5. The molecular formula is C17H28N4O. The number of ether oxygens (including phenoxy) is 1. The van der Waals surface area contributed by atoms with Crippen molar-refractivity contribution in [2.24, 2.45) is 0 Å². The van der Waals surface area contributed by atoms with Crippen LogP contribution < -0.4 is 4.90 Å². The second-order valence-electron chi connectivity index (χ2n) is 6.58. The molecule has 2 saturated heterocycles. The van der Waals surface area contributed by atoms with Gasteiger partial charge in [-0.25, -0.2) is 9.97 Å². The molecule has 2 aliphatic heterocycles. The Morgan fingerprint density at radius 3 is 2.55 bits per heavy atom. The Morgan fingerprint density at radius 1 is 1.09 bits per heavy atom. The highest BCUT2D eigenvalue weighted by atomic mass is 16.5. The van der Waals surface area contributed by atoms with Crippen LogP contribution >= 0.6 is 0 Å². The molecule has 22 heavy (non-hydrogen) atoms. The number of aryl methyl sites for hydroxylation is 2. The first-order chi connectivity index (χ1) is 10.7. The highest BCUT2D eigenvalue weighted by Crippen LogP contribution is 2.19. The predicted octanol–water partition coefficient (Wildman–Crippen LogP) is 2.17. The number of anilines is 1. The van der Waals surface area contributed by atoms with Gasteiger partial charge >= 0.3 is 0 Å². The van der Waals surface area contributed by atoms with E-state index < -0.39 is 0 Å². The molecule has 3 heterocycles. The van der Waals surface area contributed by atoms with Crippen molar-refractivity contribution >= 4 is 5.95 Å². The molecule has 1 aromatic rings. The van der Waals surface area contributed by atoms with Crippen molar-refractivity contribution in [3.63, 3.8) is 0 Å². The van der Waals surface area contributed by atoms with Gasteiger partial charge in [-0.3, -0.25) is 0 Å². The lowest BCUT2D eigenvalue weighted by Crippen LogP contribution is -2.34. The normalized spacial score (nSPS) is 23.2. The van der Waals surface area contributed by atoms with Crippen LogP contribution in [0.3, 0.4) is 0 Å². The number of nitrogens with zero attached hydrogens (tertiary/aromatic N) is 4. The van der Waals surface area contributed by atoms with Crippen molar-refractivity contribution in [2.45, 2.75) is 45.6 Å². The summed E-state index contributed by atoms with van der Waals surface area (Å²) in [5, 5.41) is 0. The maximum atomic E-state index is 6.08. The van der Waals surface area contributed by atoms with Gasteiger partial charge < -0.3 is 14.5 Å². The van der Waals surface area contributed by atoms with E-state index in [0.29, 0.717) is 6.10 Å². The van der Waals surface area contributed by atoms with Crippen molar-refractivity contribution < 1.29 is 4.74 Å². The first kappa shape index (κ1) is 15.7. The van der Waals surface area contributed by atoms with Crippen molar-refractivity contribution in [3.05, 3.63) is 17.5 Å². The van der Waals surface area contributed by atoms with Crippen LogP contribution in [0.4, 0.5) is 5.95 Å². The smallest absolute Gasteiger partial charge is 0.225 e. The lowest BCUT2D eigenvalue weighted by Gasteiger charge is -2.26. The van der Waals surface area contributed by atoms with E-state index in [0.717, 1.165) is 50.0 Å². The van der Waals surface area contributed by atoms with Crippen LogP contribution in [-0.4, -0.2) is 60.3 Å². The molecule has 1 atom stereocenters. The van der Waals surface area contributed by atoms with Gasteiger partial charge in [0, 0.05) is 31.0 Å². The Bertz CT molecular complexity index is 467. The van der Waals surface area contributed by atoms with Crippen LogP contribution in [0.15, 0.2) is 6.07 Å². The molecule has 122 valence electrons. The van der Waals surface area contributed by atoms with E-state index >= 15 is 0 Å². The second-order valence-corrected chi connectivity index (χ2v) is 6.58. The molecule has 0 spiro atoms. The van der Waals surface area contributed by atoms with Gasteiger partial charge in [0.25, 0.3) is 0 Å². The fourth-order valence-corrected chi connectivity index (χ4v) is 3.43. The number of aromatic nitrogens is 2. The lowest BCUT2D eigenvalue weighted by molar-refractivity contribution is 0.0466. The van der Waals surface area contributed by atoms with Crippen molar-refractivity contribution in [3.8, 4) is 0 Å². The van der Waals surface area contributed by atoms with E-state index in [1.807, 2.05) is 19.9 Å². The second kappa shape index (κ2) is 7.38. The van der Waals surface area contributed by atoms with Crippen LogP contribution in [0.5, 0.6) is 0 Å². The minimum atomic E-state index is 0.328. The third-order valence-corrected chi connectivity index (χ3v) is 4.61. The van der Waals surface area contributed by atoms with Gasteiger partial charge in [0.1, 0.15) is 0 Å². The Morgan fingerprint density at radius 2 is 1.82 bits per heavy atom. The van der Waals surface area contributed by atoms with E-state index in [2.05, 4.69) is 19.8 Å². The Balaban J connectivity index is 1.43. The minimum absolute atomic E-state index is 0.328. The fourth-order valence-electron chi connectivity index (χ4n) is 3.43. The van der Waals surface area contributed by atoms with E-state index in [4.69, 9.17) is 4.74 Å². The predicted molar refractivity (Wildman–Crippen MR) is 88.4 cm³/mol. The van der Waals surface area contributed by atoms with E-state index in [1.165, 1.54) is 32.4 Å². The first-order valence-corrected chi connectivity index (χ1v) is 8.62. The molecule has 5 heteroatoms. The third-order valence-electron chi connectivity index (χ3n) is 4.61. The summed E-state index contributed by atoms with van der Waals surface area (Å²) < 4.78 is 6.08.